The highest BCUT2D eigenvalue weighted by molar-refractivity contribution is 7.89. The Morgan fingerprint density at radius 2 is 1.77 bits per heavy atom. The number of nitrogens with one attached hydrogen (secondary N) is 2. The van der Waals surface area contributed by atoms with Crippen molar-refractivity contribution < 1.29 is 22.7 Å². The molecule has 2 heterocycles. The SMILES string of the molecule is C[C@H](NCC(=O)Nc1cc(S(=O)(=O)N2CCOCC2)ccc1N1CCOCC1)[C@H]1C[C@H]2CC[C@H]1C2. The van der Waals surface area contributed by atoms with Crippen molar-refractivity contribution in [2.45, 2.75) is 43.5 Å². The van der Waals surface area contributed by atoms with E-state index in [1.165, 1.54) is 30.0 Å². The lowest BCUT2D eigenvalue weighted by Crippen LogP contribution is -2.41. The van der Waals surface area contributed by atoms with Gasteiger partial charge in [0.25, 0.3) is 0 Å². The highest BCUT2D eigenvalue weighted by Gasteiger charge is 2.41. The van der Waals surface area contributed by atoms with Gasteiger partial charge in [0, 0.05) is 32.2 Å². The molecule has 1 amide bonds. The second kappa shape index (κ2) is 10.7. The minimum absolute atomic E-state index is 0.157. The molecule has 35 heavy (non-hydrogen) atoms. The molecule has 2 saturated heterocycles. The molecule has 194 valence electrons. The van der Waals surface area contributed by atoms with Crippen molar-refractivity contribution in [1.82, 2.24) is 9.62 Å². The molecule has 4 fully saturated rings. The Morgan fingerprint density at radius 3 is 2.43 bits per heavy atom. The van der Waals surface area contributed by atoms with Crippen LogP contribution >= 0.6 is 0 Å². The highest BCUT2D eigenvalue weighted by Crippen LogP contribution is 2.49. The van der Waals surface area contributed by atoms with Crippen LogP contribution in [0.25, 0.3) is 0 Å². The van der Waals surface area contributed by atoms with Crippen LogP contribution in [0.4, 0.5) is 11.4 Å². The molecule has 0 spiro atoms. The summed E-state index contributed by atoms with van der Waals surface area (Å²) in [5.74, 6) is 2.15. The van der Waals surface area contributed by atoms with Gasteiger partial charge in [0.1, 0.15) is 0 Å². The van der Waals surface area contributed by atoms with Crippen molar-refractivity contribution >= 4 is 27.3 Å². The second-order valence-corrected chi connectivity index (χ2v) is 12.3. The van der Waals surface area contributed by atoms with Crippen LogP contribution in [0, 0.1) is 17.8 Å². The summed E-state index contributed by atoms with van der Waals surface area (Å²) in [4.78, 5) is 15.3. The number of hydrogen-bond acceptors (Lipinski definition) is 7. The topological polar surface area (TPSA) is 100 Å². The molecule has 2 N–H and O–H groups in total. The molecule has 9 nitrogen and oxygen atoms in total. The van der Waals surface area contributed by atoms with E-state index in [1.54, 1.807) is 18.2 Å². The molecule has 0 radical (unpaired) electrons. The molecule has 0 aromatic heterocycles. The zero-order chi connectivity index (χ0) is 24.4. The number of rotatable bonds is 8. The van der Waals surface area contributed by atoms with Crippen LogP contribution in [0.5, 0.6) is 0 Å². The molecule has 5 rings (SSSR count). The van der Waals surface area contributed by atoms with Crippen molar-refractivity contribution in [3.8, 4) is 0 Å². The number of fused-ring (bicyclic) bond motifs is 2. The fourth-order valence-corrected chi connectivity index (χ4v) is 7.73. The first-order valence-corrected chi connectivity index (χ1v) is 14.4. The molecular formula is C25H38N4O5S. The molecule has 4 aliphatic rings. The molecule has 4 atom stereocenters. The van der Waals surface area contributed by atoms with E-state index in [1.807, 2.05) is 0 Å². The summed E-state index contributed by atoms with van der Waals surface area (Å²) in [7, 11) is -3.67. The number of morpholine rings is 2. The van der Waals surface area contributed by atoms with E-state index in [0.717, 1.165) is 17.5 Å². The van der Waals surface area contributed by atoms with Crippen molar-refractivity contribution in [2.24, 2.45) is 17.8 Å². The summed E-state index contributed by atoms with van der Waals surface area (Å²) in [5.41, 5.74) is 1.35. The molecule has 10 heteroatoms. The lowest BCUT2D eigenvalue weighted by Gasteiger charge is -2.31. The molecule has 2 aliphatic heterocycles. The average Bonchev–Trinajstić information content (AvgIpc) is 3.52. The number of benzene rings is 1. The molecule has 0 unspecified atom stereocenters. The summed E-state index contributed by atoms with van der Waals surface area (Å²) < 4.78 is 38.7. The van der Waals surface area contributed by atoms with Crippen LogP contribution in [0.2, 0.25) is 0 Å². The van der Waals surface area contributed by atoms with Gasteiger partial charge in [-0.3, -0.25) is 4.79 Å². The predicted octanol–water partition coefficient (Wildman–Crippen LogP) is 1.90. The number of carbonyl (C=O) groups excluding carboxylic acids is 1. The molecule has 2 bridgehead atoms. The first-order valence-electron chi connectivity index (χ1n) is 13.0. The summed E-state index contributed by atoms with van der Waals surface area (Å²) in [6.07, 6.45) is 5.29. The zero-order valence-corrected chi connectivity index (χ0v) is 21.4. The first-order chi connectivity index (χ1) is 16.9. The molecule has 1 aromatic carbocycles. The fourth-order valence-electron chi connectivity index (χ4n) is 6.30. The van der Waals surface area contributed by atoms with Crippen molar-refractivity contribution in [1.29, 1.82) is 0 Å². The predicted molar refractivity (Wildman–Crippen MR) is 134 cm³/mol. The Bertz CT molecular complexity index is 1010. The summed E-state index contributed by atoms with van der Waals surface area (Å²) in [6, 6.07) is 5.34. The quantitative estimate of drug-likeness (QED) is 0.555. The Labute approximate surface area is 208 Å². The van der Waals surface area contributed by atoms with E-state index in [9.17, 15) is 13.2 Å². The van der Waals surface area contributed by atoms with Crippen LogP contribution in [-0.4, -0.2) is 83.8 Å². The van der Waals surface area contributed by atoms with Gasteiger partial charge < -0.3 is 25.0 Å². The van der Waals surface area contributed by atoms with E-state index >= 15 is 0 Å². The lowest BCUT2D eigenvalue weighted by molar-refractivity contribution is -0.115. The normalized spacial score (nSPS) is 28.3. The maximum atomic E-state index is 13.2. The van der Waals surface area contributed by atoms with E-state index in [4.69, 9.17) is 9.47 Å². The van der Waals surface area contributed by atoms with Gasteiger partial charge in [-0.05, 0) is 62.1 Å². The first kappa shape index (κ1) is 25.0. The fraction of sp³-hybridized carbons (Fsp3) is 0.720. The average molecular weight is 507 g/mol. The van der Waals surface area contributed by atoms with Crippen LogP contribution < -0.4 is 15.5 Å². The van der Waals surface area contributed by atoms with Crippen molar-refractivity contribution in [3.05, 3.63) is 18.2 Å². The van der Waals surface area contributed by atoms with Crippen molar-refractivity contribution in [3.63, 3.8) is 0 Å². The maximum Gasteiger partial charge on any atom is 0.243 e. The molecular weight excluding hydrogens is 468 g/mol. The monoisotopic (exact) mass is 506 g/mol. The van der Waals surface area contributed by atoms with Crippen LogP contribution in [0.3, 0.4) is 0 Å². The lowest BCUT2D eigenvalue weighted by atomic mass is 9.84. The van der Waals surface area contributed by atoms with Gasteiger partial charge in [-0.25, -0.2) is 8.42 Å². The third-order valence-electron chi connectivity index (χ3n) is 8.22. The van der Waals surface area contributed by atoms with Crippen molar-refractivity contribution in [2.75, 3.05) is 69.4 Å². The van der Waals surface area contributed by atoms with Crippen LogP contribution in [-0.2, 0) is 24.3 Å². The van der Waals surface area contributed by atoms with Crippen LogP contribution in [0.15, 0.2) is 23.1 Å². The minimum Gasteiger partial charge on any atom is -0.379 e. The van der Waals surface area contributed by atoms with Gasteiger partial charge in [0.05, 0.1) is 49.2 Å². The van der Waals surface area contributed by atoms with E-state index in [2.05, 4.69) is 22.5 Å². The van der Waals surface area contributed by atoms with Crippen LogP contribution in [0.1, 0.15) is 32.6 Å². The zero-order valence-electron chi connectivity index (χ0n) is 20.6. The van der Waals surface area contributed by atoms with E-state index in [0.29, 0.717) is 70.3 Å². The number of hydrogen-bond donors (Lipinski definition) is 2. The van der Waals surface area contributed by atoms with Gasteiger partial charge in [-0.15, -0.1) is 0 Å². The summed E-state index contributed by atoms with van der Waals surface area (Å²) in [6.45, 7) is 6.43. The van der Waals surface area contributed by atoms with E-state index < -0.39 is 10.0 Å². The standard InChI is InChI=1S/C25H38N4O5S/c1-18(22-15-19-2-3-20(22)14-19)26-17-25(30)27-23-16-21(35(31,32)29-8-12-34-13-9-29)4-5-24(23)28-6-10-33-11-7-28/h4-5,16,18-20,22,26H,2-3,6-15,17H2,1H3,(H,27,30)/t18-,19-,20-,22+/m0/s1. The van der Waals surface area contributed by atoms with Gasteiger partial charge in [-0.1, -0.05) is 6.42 Å². The van der Waals surface area contributed by atoms with Gasteiger partial charge in [-0.2, -0.15) is 4.31 Å². The summed E-state index contributed by atoms with van der Waals surface area (Å²) in [5, 5.41) is 6.45. The highest BCUT2D eigenvalue weighted by atomic mass is 32.2. The number of nitrogens with zero attached hydrogens (tertiary/aromatic N) is 2. The Morgan fingerprint density at radius 1 is 1.06 bits per heavy atom. The van der Waals surface area contributed by atoms with Gasteiger partial charge >= 0.3 is 0 Å². The number of sulfonamides is 1. The van der Waals surface area contributed by atoms with Gasteiger partial charge in [0.15, 0.2) is 0 Å². The molecule has 1 aromatic rings. The number of amides is 1. The second-order valence-electron chi connectivity index (χ2n) is 10.4. The Hall–Kier alpha value is -1.72. The number of carbonyl (C=O) groups is 1. The largest absolute Gasteiger partial charge is 0.379 e. The smallest absolute Gasteiger partial charge is 0.243 e. The third kappa shape index (κ3) is 5.51. The third-order valence-corrected chi connectivity index (χ3v) is 10.1. The van der Waals surface area contributed by atoms with Gasteiger partial charge in [0.2, 0.25) is 15.9 Å². The summed E-state index contributed by atoms with van der Waals surface area (Å²) >= 11 is 0. The maximum absolute atomic E-state index is 13.2. The Kier molecular flexibility index (Phi) is 7.64. The van der Waals surface area contributed by atoms with E-state index in [-0.39, 0.29) is 17.3 Å². The number of ether oxygens (including phenoxy) is 2. The molecule has 2 saturated carbocycles. The Balaban J connectivity index is 1.30. The molecule has 2 aliphatic carbocycles. The minimum atomic E-state index is -3.67. The number of anilines is 2.